The predicted octanol–water partition coefficient (Wildman–Crippen LogP) is 3.59. The molecule has 2 aromatic rings. The molecule has 120 valence electrons. The minimum atomic E-state index is 0.00959. The minimum Gasteiger partial charge on any atom is -0.370 e. The van der Waals surface area contributed by atoms with Crippen LogP contribution in [0.3, 0.4) is 0 Å². The molecule has 1 heterocycles. The van der Waals surface area contributed by atoms with Crippen molar-refractivity contribution in [3.05, 3.63) is 59.7 Å². The molecule has 0 aromatic heterocycles. The van der Waals surface area contributed by atoms with E-state index in [0.29, 0.717) is 6.54 Å². The lowest BCUT2D eigenvalue weighted by molar-refractivity contribution is 0.0954. The summed E-state index contributed by atoms with van der Waals surface area (Å²) >= 11 is 1.87. The van der Waals surface area contributed by atoms with E-state index in [2.05, 4.69) is 35.3 Å². The first-order chi connectivity index (χ1) is 11.3. The largest absolute Gasteiger partial charge is 0.370 e. The molecule has 1 aliphatic rings. The molecule has 0 radical (unpaired) electrons. The van der Waals surface area contributed by atoms with E-state index in [0.717, 1.165) is 30.8 Å². The molecule has 1 aliphatic heterocycles. The van der Waals surface area contributed by atoms with Crippen molar-refractivity contribution < 1.29 is 4.79 Å². The number of rotatable bonds is 5. The van der Waals surface area contributed by atoms with Crippen molar-refractivity contribution in [1.29, 1.82) is 0 Å². The lowest BCUT2D eigenvalue weighted by Crippen LogP contribution is -2.30. The van der Waals surface area contributed by atoms with Gasteiger partial charge in [-0.25, -0.2) is 0 Å². The molecule has 0 saturated carbocycles. The van der Waals surface area contributed by atoms with Crippen LogP contribution in [0.4, 0.5) is 5.69 Å². The van der Waals surface area contributed by atoms with Crippen molar-refractivity contribution in [2.45, 2.75) is 18.2 Å². The summed E-state index contributed by atoms with van der Waals surface area (Å²) in [4.78, 5) is 16.0. The molecule has 3 rings (SSSR count). The molecule has 0 bridgehead atoms. The molecule has 0 unspecified atom stereocenters. The number of fused-ring (bicyclic) bond motifs is 1. The normalized spacial score (nSPS) is 13.5. The molecular formula is C19H22N2OS. The molecule has 0 atom stereocenters. The summed E-state index contributed by atoms with van der Waals surface area (Å²) in [7, 11) is 0. The Bertz CT molecular complexity index is 672. The van der Waals surface area contributed by atoms with Crippen LogP contribution in [0.2, 0.25) is 0 Å². The van der Waals surface area contributed by atoms with Gasteiger partial charge in [0.05, 0.1) is 5.69 Å². The lowest BCUT2D eigenvalue weighted by Gasteiger charge is -2.30. The fourth-order valence-electron chi connectivity index (χ4n) is 2.81. The summed E-state index contributed by atoms with van der Waals surface area (Å²) in [6.45, 7) is 4.85. The average Bonchev–Trinajstić information content (AvgIpc) is 2.61. The number of anilines is 1. The van der Waals surface area contributed by atoms with E-state index in [9.17, 15) is 4.79 Å². The first-order valence-electron chi connectivity index (χ1n) is 8.12. The third-order valence-corrected chi connectivity index (χ3v) is 5.15. The second kappa shape index (κ2) is 7.55. The van der Waals surface area contributed by atoms with Gasteiger partial charge in [-0.3, -0.25) is 4.79 Å². The van der Waals surface area contributed by atoms with Crippen LogP contribution in [0.15, 0.2) is 53.4 Å². The van der Waals surface area contributed by atoms with Gasteiger partial charge in [0.1, 0.15) is 0 Å². The van der Waals surface area contributed by atoms with Crippen LogP contribution in [-0.4, -0.2) is 31.3 Å². The number of nitrogens with one attached hydrogen (secondary N) is 1. The molecule has 2 aromatic carbocycles. The zero-order valence-electron chi connectivity index (χ0n) is 13.4. The average molecular weight is 326 g/mol. The van der Waals surface area contributed by atoms with Gasteiger partial charge in [-0.05, 0) is 37.1 Å². The fraction of sp³-hybridized carbons (Fsp3) is 0.316. The van der Waals surface area contributed by atoms with Crippen molar-refractivity contribution in [2.75, 3.05) is 30.3 Å². The number of nitrogens with zero attached hydrogens (tertiary/aromatic N) is 1. The van der Waals surface area contributed by atoms with Crippen molar-refractivity contribution in [3.63, 3.8) is 0 Å². The molecule has 23 heavy (non-hydrogen) atoms. The summed E-state index contributed by atoms with van der Waals surface area (Å²) in [6.07, 6.45) is 0.856. The number of carbonyl (C=O) groups excluding carboxylic acids is 1. The Kier molecular flexibility index (Phi) is 5.23. The Morgan fingerprint density at radius 3 is 2.83 bits per heavy atom. The molecule has 0 fully saturated rings. The number of benzene rings is 2. The summed E-state index contributed by atoms with van der Waals surface area (Å²) in [6, 6.07) is 16.3. The van der Waals surface area contributed by atoms with E-state index in [1.165, 1.54) is 16.1 Å². The number of amides is 1. The van der Waals surface area contributed by atoms with E-state index in [1.807, 2.05) is 42.1 Å². The van der Waals surface area contributed by atoms with Crippen LogP contribution < -0.4 is 10.2 Å². The maximum atomic E-state index is 12.4. The standard InChI is InChI=1S/C19H22N2OS/c1-2-21-12-13-23-18-9-8-16(14-17(18)21)19(22)20-11-10-15-6-4-3-5-7-15/h3-9,14H,2,10-13H2,1H3,(H,20,22). The Morgan fingerprint density at radius 1 is 1.22 bits per heavy atom. The van der Waals surface area contributed by atoms with Gasteiger partial charge >= 0.3 is 0 Å². The highest BCUT2D eigenvalue weighted by atomic mass is 32.2. The van der Waals surface area contributed by atoms with E-state index in [1.54, 1.807) is 0 Å². The summed E-state index contributed by atoms with van der Waals surface area (Å²) < 4.78 is 0. The summed E-state index contributed by atoms with van der Waals surface area (Å²) in [5.41, 5.74) is 3.18. The maximum Gasteiger partial charge on any atom is 0.251 e. The quantitative estimate of drug-likeness (QED) is 0.911. The zero-order valence-corrected chi connectivity index (χ0v) is 14.2. The Balaban J connectivity index is 1.63. The van der Waals surface area contributed by atoms with Gasteiger partial charge in [-0.1, -0.05) is 30.3 Å². The number of carbonyl (C=O) groups is 1. The first-order valence-corrected chi connectivity index (χ1v) is 9.10. The molecule has 0 spiro atoms. The van der Waals surface area contributed by atoms with E-state index >= 15 is 0 Å². The van der Waals surface area contributed by atoms with Gasteiger partial charge in [-0.15, -0.1) is 11.8 Å². The summed E-state index contributed by atoms with van der Waals surface area (Å²) in [5, 5.41) is 3.02. The highest BCUT2D eigenvalue weighted by molar-refractivity contribution is 7.99. The van der Waals surface area contributed by atoms with Gasteiger partial charge in [0.15, 0.2) is 0 Å². The maximum absolute atomic E-state index is 12.4. The van der Waals surface area contributed by atoms with Gasteiger partial charge in [0.2, 0.25) is 0 Å². The minimum absolute atomic E-state index is 0.00959. The molecule has 4 heteroatoms. The molecular weight excluding hydrogens is 304 g/mol. The van der Waals surface area contributed by atoms with Crippen LogP contribution in [-0.2, 0) is 6.42 Å². The third kappa shape index (κ3) is 3.88. The smallest absolute Gasteiger partial charge is 0.251 e. The number of thioether (sulfide) groups is 1. The van der Waals surface area contributed by atoms with Crippen molar-refractivity contribution in [1.82, 2.24) is 5.32 Å². The van der Waals surface area contributed by atoms with E-state index in [4.69, 9.17) is 0 Å². The van der Waals surface area contributed by atoms with Crippen molar-refractivity contribution in [3.8, 4) is 0 Å². The second-order valence-electron chi connectivity index (χ2n) is 5.60. The molecule has 0 aliphatic carbocycles. The Morgan fingerprint density at radius 2 is 2.04 bits per heavy atom. The lowest BCUT2D eigenvalue weighted by atomic mass is 10.1. The van der Waals surface area contributed by atoms with Gasteiger partial charge in [0, 0.05) is 35.8 Å². The van der Waals surface area contributed by atoms with Crippen LogP contribution >= 0.6 is 11.8 Å². The van der Waals surface area contributed by atoms with Gasteiger partial charge in [-0.2, -0.15) is 0 Å². The highest BCUT2D eigenvalue weighted by Gasteiger charge is 2.18. The molecule has 1 amide bonds. The van der Waals surface area contributed by atoms with Crippen LogP contribution in [0.5, 0.6) is 0 Å². The number of hydrogen-bond acceptors (Lipinski definition) is 3. The first kappa shape index (κ1) is 15.9. The van der Waals surface area contributed by atoms with E-state index < -0.39 is 0 Å². The second-order valence-corrected chi connectivity index (χ2v) is 6.74. The highest BCUT2D eigenvalue weighted by Crippen LogP contribution is 2.35. The molecule has 0 saturated heterocycles. The molecule has 3 nitrogen and oxygen atoms in total. The molecule has 1 N–H and O–H groups in total. The van der Waals surface area contributed by atoms with Gasteiger partial charge in [0.25, 0.3) is 5.91 Å². The van der Waals surface area contributed by atoms with Gasteiger partial charge < -0.3 is 10.2 Å². The van der Waals surface area contributed by atoms with Crippen LogP contribution in [0.1, 0.15) is 22.8 Å². The van der Waals surface area contributed by atoms with Crippen LogP contribution in [0, 0.1) is 0 Å². The van der Waals surface area contributed by atoms with E-state index in [-0.39, 0.29) is 5.91 Å². The third-order valence-electron chi connectivity index (χ3n) is 4.10. The monoisotopic (exact) mass is 326 g/mol. The fourth-order valence-corrected chi connectivity index (χ4v) is 3.84. The van der Waals surface area contributed by atoms with Crippen LogP contribution in [0.25, 0.3) is 0 Å². The predicted molar refractivity (Wildman–Crippen MR) is 97.5 cm³/mol. The topological polar surface area (TPSA) is 32.3 Å². The Labute approximate surface area is 142 Å². The number of hydrogen-bond donors (Lipinski definition) is 1. The SMILES string of the molecule is CCN1CCSc2ccc(C(=O)NCCc3ccccc3)cc21. The zero-order chi connectivity index (χ0) is 16.1. The summed E-state index contributed by atoms with van der Waals surface area (Å²) in [5.74, 6) is 1.12. The van der Waals surface area contributed by atoms with Crippen molar-refractivity contribution >= 4 is 23.4 Å². The van der Waals surface area contributed by atoms with Crippen molar-refractivity contribution in [2.24, 2.45) is 0 Å². The Hall–Kier alpha value is -1.94.